The minimum Gasteiger partial charge on any atom is -0.0931 e. The maximum absolute atomic E-state index is 3.42. The van der Waals surface area contributed by atoms with E-state index in [0.29, 0.717) is 0 Å². The Bertz CT molecular complexity index is 72.7. The molecule has 0 aromatic heterocycles. The highest BCUT2D eigenvalue weighted by atomic mass is 80.0. The third-order valence-corrected chi connectivity index (χ3v) is 3.45. The number of hydrogen-bond donors (Lipinski definition) is 0. The summed E-state index contributed by atoms with van der Waals surface area (Å²) in [7, 11) is 0. The van der Waals surface area contributed by atoms with Gasteiger partial charge in [0.25, 0.3) is 3.93 Å². The second-order valence-corrected chi connectivity index (χ2v) is 23.3. The fourth-order valence-corrected chi connectivity index (χ4v) is 2.95. The van der Waals surface area contributed by atoms with Crippen LogP contribution < -0.4 is 0 Å². The molecule has 4 heteroatoms. The molecule has 0 fully saturated rings. The minimum atomic E-state index is -1.40. The molecule has 0 aliphatic heterocycles. The Kier molecular flexibility index (Phi) is 4.11. The van der Waals surface area contributed by atoms with Gasteiger partial charge in [0.2, 0.25) is 0 Å². The number of allylic oxidation sites excluding steroid dienone is 1. The predicted octanol–water partition coefficient (Wildman–Crippen LogP) is 3.23. The highest BCUT2D eigenvalue weighted by Gasteiger charge is 2.15. The van der Waals surface area contributed by atoms with Crippen molar-refractivity contribution in [3.8, 4) is 0 Å². The first-order valence-electron chi connectivity index (χ1n) is 1.77. The second kappa shape index (κ2) is 3.43. The first-order valence-corrected chi connectivity index (χ1v) is 10.6. The lowest BCUT2D eigenvalue weighted by Gasteiger charge is -1.96. The molecule has 0 radical (unpaired) electrons. The zero-order chi connectivity index (χ0) is 5.91. The van der Waals surface area contributed by atoms with Crippen molar-refractivity contribution < 1.29 is 0 Å². The zero-order valence-electron chi connectivity index (χ0n) is 3.79. The van der Waals surface area contributed by atoms with Gasteiger partial charge in [-0.3, -0.25) is 0 Å². The van der Waals surface area contributed by atoms with Crippen LogP contribution in [0.1, 0.15) is 6.92 Å². The highest BCUT2D eigenvalue weighted by Crippen LogP contribution is 2.28. The van der Waals surface area contributed by atoms with Crippen LogP contribution in [0, 0.1) is 0 Å². The van der Waals surface area contributed by atoms with Gasteiger partial charge in [-0.15, -0.1) is 0 Å². The topological polar surface area (TPSA) is 0 Å². The van der Waals surface area contributed by atoms with E-state index in [4.69, 9.17) is 0 Å². The van der Waals surface area contributed by atoms with E-state index in [0.717, 1.165) is 0 Å². The Morgan fingerprint density at radius 2 is 1.71 bits per heavy atom. The van der Waals surface area contributed by atoms with Crippen molar-refractivity contribution in [3.63, 3.8) is 0 Å². The summed E-state index contributed by atoms with van der Waals surface area (Å²) < 4.78 is -1.40. The molecular weight excluding hydrogens is 304 g/mol. The standard InChI is InChI=1S/C3H5Br3Si/c1-2-3-7(4,5)6/h2-3H,1H3. The molecule has 42 valence electrons. The van der Waals surface area contributed by atoms with Gasteiger partial charge in [0, 0.05) is 0 Å². The second-order valence-electron chi connectivity index (χ2n) is 1.04. The lowest BCUT2D eigenvalue weighted by Crippen LogP contribution is -1.98. The van der Waals surface area contributed by atoms with Gasteiger partial charge in [0.05, 0.1) is 0 Å². The van der Waals surface area contributed by atoms with Gasteiger partial charge in [-0.2, -0.15) is 0 Å². The molecule has 0 nitrogen and oxygen atoms in total. The fourth-order valence-electron chi connectivity index (χ4n) is 0.189. The van der Waals surface area contributed by atoms with E-state index in [2.05, 4.69) is 51.6 Å². The maximum Gasteiger partial charge on any atom is 0.290 e. The van der Waals surface area contributed by atoms with Crippen molar-refractivity contribution in [2.24, 2.45) is 0 Å². The molecule has 0 spiro atoms. The van der Waals surface area contributed by atoms with E-state index in [1.807, 2.05) is 13.0 Å². The average Bonchev–Trinajstić information content (AvgIpc) is 1.30. The van der Waals surface area contributed by atoms with Crippen molar-refractivity contribution >= 4 is 49.8 Å². The number of hydrogen-bond acceptors (Lipinski definition) is 0. The van der Waals surface area contributed by atoms with Crippen molar-refractivity contribution in [3.05, 3.63) is 11.8 Å². The first kappa shape index (κ1) is 8.40. The van der Waals surface area contributed by atoms with Crippen LogP contribution >= 0.6 is 45.9 Å². The monoisotopic (exact) mass is 306 g/mol. The van der Waals surface area contributed by atoms with E-state index in [1.165, 1.54) is 0 Å². The average molecular weight is 309 g/mol. The Morgan fingerprint density at radius 3 is 1.71 bits per heavy atom. The van der Waals surface area contributed by atoms with E-state index >= 15 is 0 Å². The van der Waals surface area contributed by atoms with E-state index < -0.39 is 3.93 Å². The molecule has 0 saturated carbocycles. The van der Waals surface area contributed by atoms with Crippen LogP contribution in [0.2, 0.25) is 0 Å². The van der Waals surface area contributed by atoms with E-state index in [9.17, 15) is 0 Å². The smallest absolute Gasteiger partial charge is 0.0931 e. The number of rotatable bonds is 1. The van der Waals surface area contributed by atoms with Gasteiger partial charge in [-0.05, 0) is 6.92 Å². The first-order chi connectivity index (χ1) is 3.06. The third kappa shape index (κ3) is 7.40. The lowest BCUT2D eigenvalue weighted by molar-refractivity contribution is 1.78. The Balaban J connectivity index is 3.56. The zero-order valence-corrected chi connectivity index (χ0v) is 9.55. The predicted molar refractivity (Wildman–Crippen MR) is 47.3 cm³/mol. The highest BCUT2D eigenvalue weighted by molar-refractivity contribution is 9.72. The molecule has 0 heterocycles. The fraction of sp³-hybridized carbons (Fsp3) is 0.333. The van der Waals surface area contributed by atoms with Crippen molar-refractivity contribution in [1.82, 2.24) is 0 Å². The molecule has 0 amide bonds. The lowest BCUT2D eigenvalue weighted by atomic mass is 10.8. The van der Waals surface area contributed by atoms with Gasteiger partial charge in [0.15, 0.2) is 0 Å². The Hall–Kier alpha value is 1.40. The van der Waals surface area contributed by atoms with Crippen LogP contribution in [-0.2, 0) is 0 Å². The van der Waals surface area contributed by atoms with Crippen LogP contribution in [0.3, 0.4) is 0 Å². The third-order valence-electron chi connectivity index (χ3n) is 0.356. The number of halogens is 3. The summed E-state index contributed by atoms with van der Waals surface area (Å²) in [6.45, 7) is 1.99. The molecular formula is C3H5Br3Si. The molecule has 0 aliphatic rings. The Morgan fingerprint density at radius 1 is 1.29 bits per heavy atom. The molecule has 0 rings (SSSR count). The quantitative estimate of drug-likeness (QED) is 0.515. The molecule has 0 bridgehead atoms. The summed E-state index contributed by atoms with van der Waals surface area (Å²) in [5.74, 6) is 0. The summed E-state index contributed by atoms with van der Waals surface area (Å²) in [6.07, 6.45) is 2.00. The summed E-state index contributed by atoms with van der Waals surface area (Å²) in [6, 6.07) is 0. The minimum absolute atomic E-state index is 1.40. The summed E-state index contributed by atoms with van der Waals surface area (Å²) in [5.41, 5.74) is 2.08. The SMILES string of the molecule is CC=C[Si](Br)(Br)Br. The molecule has 0 N–H and O–H groups in total. The maximum atomic E-state index is 3.42. The molecule has 0 aliphatic carbocycles. The molecule has 7 heavy (non-hydrogen) atoms. The van der Waals surface area contributed by atoms with Crippen LogP contribution in [0.15, 0.2) is 11.8 Å². The van der Waals surface area contributed by atoms with Crippen molar-refractivity contribution in [2.75, 3.05) is 0 Å². The van der Waals surface area contributed by atoms with E-state index in [-0.39, 0.29) is 0 Å². The van der Waals surface area contributed by atoms with Crippen LogP contribution in [0.25, 0.3) is 0 Å². The normalized spacial score (nSPS) is 13.1. The summed E-state index contributed by atoms with van der Waals surface area (Å²) in [4.78, 5) is 0. The molecule has 0 aromatic rings. The van der Waals surface area contributed by atoms with Gasteiger partial charge in [0.1, 0.15) is 0 Å². The van der Waals surface area contributed by atoms with Gasteiger partial charge in [-0.1, -0.05) is 57.7 Å². The van der Waals surface area contributed by atoms with E-state index in [1.54, 1.807) is 0 Å². The summed E-state index contributed by atoms with van der Waals surface area (Å²) in [5, 5.41) is 0. The Labute approximate surface area is 68.1 Å². The van der Waals surface area contributed by atoms with Gasteiger partial charge >= 0.3 is 0 Å². The van der Waals surface area contributed by atoms with Crippen LogP contribution in [-0.4, -0.2) is 3.93 Å². The molecule has 0 saturated heterocycles. The van der Waals surface area contributed by atoms with Crippen LogP contribution in [0.4, 0.5) is 0 Å². The largest absolute Gasteiger partial charge is 0.290 e. The van der Waals surface area contributed by atoms with Gasteiger partial charge < -0.3 is 0 Å². The van der Waals surface area contributed by atoms with Crippen LogP contribution in [0.5, 0.6) is 0 Å². The molecule has 0 aromatic carbocycles. The van der Waals surface area contributed by atoms with Crippen molar-refractivity contribution in [2.45, 2.75) is 6.92 Å². The summed E-state index contributed by atoms with van der Waals surface area (Å²) >= 11 is 10.3. The molecule has 0 atom stereocenters. The van der Waals surface area contributed by atoms with Crippen molar-refractivity contribution in [1.29, 1.82) is 0 Å². The molecule has 0 unspecified atom stereocenters. The van der Waals surface area contributed by atoms with Gasteiger partial charge in [-0.25, -0.2) is 0 Å².